The Kier molecular flexibility index (Phi) is 2.95. The van der Waals surface area contributed by atoms with E-state index in [4.69, 9.17) is 4.74 Å². The largest absolute Gasteiger partial charge is 0.449 e. The van der Waals surface area contributed by atoms with Crippen LogP contribution in [0.25, 0.3) is 33.2 Å². The second-order valence-electron chi connectivity index (χ2n) is 6.60. The fourth-order valence-corrected chi connectivity index (χ4v) is 3.81. The van der Waals surface area contributed by atoms with Gasteiger partial charge >= 0.3 is 0 Å². The van der Waals surface area contributed by atoms with Gasteiger partial charge in [0.1, 0.15) is 12.8 Å². The van der Waals surface area contributed by atoms with E-state index in [-0.39, 0.29) is 0 Å². The first kappa shape index (κ1) is 14.2. The zero-order valence-electron chi connectivity index (χ0n) is 14.3. The number of hydrogen-bond acceptors (Lipinski definition) is 1. The van der Waals surface area contributed by atoms with E-state index >= 15 is 0 Å². The average molecular weight is 324 g/mol. The Hall–Kier alpha value is -3.13. The van der Waals surface area contributed by atoms with Crippen molar-refractivity contribution in [1.82, 2.24) is 0 Å². The van der Waals surface area contributed by atoms with Crippen molar-refractivity contribution >= 4 is 10.8 Å². The maximum absolute atomic E-state index is 6.45. The maximum Gasteiger partial charge on any atom is 0.257 e. The van der Waals surface area contributed by atoms with Crippen molar-refractivity contribution in [2.24, 2.45) is 7.05 Å². The Morgan fingerprint density at radius 1 is 0.840 bits per heavy atom. The Balaban J connectivity index is 1.92. The third-order valence-electron chi connectivity index (χ3n) is 5.03. The molecular weight excluding hydrogens is 306 g/mol. The zero-order chi connectivity index (χ0) is 17.0. The van der Waals surface area contributed by atoms with Crippen LogP contribution in [0.2, 0.25) is 0 Å². The predicted molar refractivity (Wildman–Crippen MR) is 101 cm³/mol. The first-order chi connectivity index (χ1) is 12.2. The van der Waals surface area contributed by atoms with Gasteiger partial charge in [-0.05, 0) is 29.5 Å². The van der Waals surface area contributed by atoms with E-state index in [0.717, 1.165) is 22.8 Å². The number of nitrogens with zero attached hydrogens (tertiary/aromatic N) is 1. The highest BCUT2D eigenvalue weighted by Gasteiger charge is 2.31. The van der Waals surface area contributed by atoms with Gasteiger partial charge in [0.2, 0.25) is 5.75 Å². The van der Waals surface area contributed by atoms with Crippen LogP contribution >= 0.6 is 0 Å². The van der Waals surface area contributed by atoms with Crippen molar-refractivity contribution in [2.75, 3.05) is 0 Å². The lowest BCUT2D eigenvalue weighted by atomic mass is 9.92. The molecule has 0 N–H and O–H groups in total. The molecular formula is C23H18NO+. The Bertz CT molecular complexity index is 1130. The van der Waals surface area contributed by atoms with Gasteiger partial charge in [0.15, 0.2) is 6.20 Å². The number of hydrogen-bond donors (Lipinski definition) is 0. The maximum atomic E-state index is 6.45. The van der Waals surface area contributed by atoms with Gasteiger partial charge in [0.25, 0.3) is 5.69 Å². The third kappa shape index (κ3) is 2.01. The summed E-state index contributed by atoms with van der Waals surface area (Å²) in [6.45, 7) is 2.18. The number of aryl methyl sites for hydroxylation is 2. The molecule has 1 aliphatic heterocycles. The summed E-state index contributed by atoms with van der Waals surface area (Å²) in [7, 11) is 2.09. The number of aromatic nitrogens is 1. The van der Waals surface area contributed by atoms with Gasteiger partial charge in [0.05, 0.1) is 5.56 Å². The van der Waals surface area contributed by atoms with Crippen molar-refractivity contribution in [3.63, 3.8) is 0 Å². The van der Waals surface area contributed by atoms with E-state index in [1.54, 1.807) is 0 Å². The van der Waals surface area contributed by atoms with E-state index in [1.807, 2.05) is 6.07 Å². The second kappa shape index (κ2) is 5.18. The molecule has 0 amide bonds. The number of fused-ring (bicyclic) bond motifs is 2. The van der Waals surface area contributed by atoms with Crippen LogP contribution in [0, 0.1) is 6.92 Å². The standard InChI is InChI=1S/C23H18NO/c1-15-11-12-17-9-6-10-19-21(17)20(15)22-23(25-19)18(13-14-24(22)2)16-7-4-3-5-8-16/h3-14H,1-2H3/q+1. The molecule has 120 valence electrons. The van der Waals surface area contributed by atoms with Crippen molar-refractivity contribution < 1.29 is 9.30 Å². The summed E-state index contributed by atoms with van der Waals surface area (Å²) < 4.78 is 8.62. The van der Waals surface area contributed by atoms with E-state index in [9.17, 15) is 0 Å². The molecule has 25 heavy (non-hydrogen) atoms. The molecule has 2 nitrogen and oxygen atoms in total. The molecule has 0 saturated heterocycles. The lowest BCUT2D eigenvalue weighted by Crippen LogP contribution is -2.32. The van der Waals surface area contributed by atoms with E-state index in [1.165, 1.54) is 27.5 Å². The third-order valence-corrected chi connectivity index (χ3v) is 5.03. The number of rotatable bonds is 1. The first-order valence-corrected chi connectivity index (χ1v) is 8.52. The van der Waals surface area contributed by atoms with Crippen molar-refractivity contribution in [2.45, 2.75) is 6.92 Å². The molecule has 0 saturated carbocycles. The SMILES string of the molecule is Cc1ccc2cccc3c2c1-c1c(c(-c2ccccc2)cc[n+]1C)O3. The second-order valence-corrected chi connectivity index (χ2v) is 6.60. The minimum absolute atomic E-state index is 0.936. The summed E-state index contributed by atoms with van der Waals surface area (Å²) in [6.07, 6.45) is 2.12. The fraction of sp³-hybridized carbons (Fsp3) is 0.0870. The highest BCUT2D eigenvalue weighted by molar-refractivity contribution is 6.05. The van der Waals surface area contributed by atoms with Gasteiger partial charge in [-0.15, -0.1) is 0 Å². The molecule has 0 fully saturated rings. The molecule has 1 aliphatic rings. The van der Waals surface area contributed by atoms with Crippen molar-refractivity contribution in [3.05, 3.63) is 78.5 Å². The van der Waals surface area contributed by atoms with Gasteiger partial charge in [-0.25, -0.2) is 0 Å². The van der Waals surface area contributed by atoms with Crippen LogP contribution in [-0.4, -0.2) is 0 Å². The molecule has 1 aromatic heterocycles. The summed E-state index contributed by atoms with van der Waals surface area (Å²) in [5, 5.41) is 2.42. The summed E-state index contributed by atoms with van der Waals surface area (Å²) in [5.41, 5.74) is 5.98. The van der Waals surface area contributed by atoms with Crippen molar-refractivity contribution in [3.8, 4) is 33.9 Å². The molecule has 5 rings (SSSR count). The lowest BCUT2D eigenvalue weighted by Gasteiger charge is -2.22. The van der Waals surface area contributed by atoms with Gasteiger partial charge in [-0.2, -0.15) is 4.57 Å². The number of benzene rings is 3. The summed E-state index contributed by atoms with van der Waals surface area (Å²) in [6, 6.07) is 23.2. The van der Waals surface area contributed by atoms with Crippen molar-refractivity contribution in [1.29, 1.82) is 0 Å². The Morgan fingerprint density at radius 2 is 1.68 bits per heavy atom. The van der Waals surface area contributed by atoms with Crippen LogP contribution in [0.4, 0.5) is 0 Å². The topological polar surface area (TPSA) is 13.1 Å². The predicted octanol–water partition coefficient (Wildman–Crippen LogP) is 5.41. The quantitative estimate of drug-likeness (QED) is 0.376. The van der Waals surface area contributed by atoms with E-state index in [0.29, 0.717) is 0 Å². The highest BCUT2D eigenvalue weighted by Crippen LogP contribution is 2.49. The molecule has 0 unspecified atom stereocenters. The summed E-state index contributed by atoms with van der Waals surface area (Å²) in [4.78, 5) is 0. The minimum Gasteiger partial charge on any atom is -0.449 e. The van der Waals surface area contributed by atoms with Gasteiger partial charge in [-0.1, -0.05) is 54.6 Å². The number of ether oxygens (including phenoxy) is 1. The van der Waals surface area contributed by atoms with E-state index < -0.39 is 0 Å². The average Bonchev–Trinajstić information content (AvgIpc) is 2.65. The molecule has 0 aliphatic carbocycles. The summed E-state index contributed by atoms with van der Waals surface area (Å²) >= 11 is 0. The fourth-order valence-electron chi connectivity index (χ4n) is 3.81. The molecule has 0 bridgehead atoms. The van der Waals surface area contributed by atoms with Crippen LogP contribution in [0.5, 0.6) is 11.5 Å². The zero-order valence-corrected chi connectivity index (χ0v) is 14.3. The molecule has 2 heterocycles. The van der Waals surface area contributed by atoms with Crippen LogP contribution < -0.4 is 9.30 Å². The normalized spacial score (nSPS) is 11.9. The van der Waals surface area contributed by atoms with Gasteiger partial charge in [-0.3, -0.25) is 0 Å². The van der Waals surface area contributed by atoms with Crippen LogP contribution in [0.1, 0.15) is 5.56 Å². The monoisotopic (exact) mass is 324 g/mol. The van der Waals surface area contributed by atoms with Gasteiger partial charge in [0, 0.05) is 17.0 Å². The first-order valence-electron chi connectivity index (χ1n) is 8.52. The minimum atomic E-state index is 0.936. The summed E-state index contributed by atoms with van der Waals surface area (Å²) in [5.74, 6) is 1.87. The molecule has 0 atom stereocenters. The van der Waals surface area contributed by atoms with Gasteiger partial charge < -0.3 is 4.74 Å². The Labute approximate surface area is 146 Å². The Morgan fingerprint density at radius 3 is 2.52 bits per heavy atom. The van der Waals surface area contributed by atoms with Crippen LogP contribution in [-0.2, 0) is 7.05 Å². The molecule has 4 aromatic rings. The van der Waals surface area contributed by atoms with Crippen LogP contribution in [0.3, 0.4) is 0 Å². The smallest absolute Gasteiger partial charge is 0.257 e. The molecule has 0 radical (unpaired) electrons. The highest BCUT2D eigenvalue weighted by atomic mass is 16.5. The van der Waals surface area contributed by atoms with E-state index in [2.05, 4.69) is 85.4 Å². The lowest BCUT2D eigenvalue weighted by molar-refractivity contribution is -0.660. The molecule has 3 aromatic carbocycles. The van der Waals surface area contributed by atoms with Crippen LogP contribution in [0.15, 0.2) is 72.9 Å². The molecule has 2 heteroatoms. The number of pyridine rings is 1. The molecule has 0 spiro atoms.